The number of nitrogens with one attached hydrogen (secondary N) is 1. The van der Waals surface area contributed by atoms with E-state index in [4.69, 9.17) is 25.8 Å². The standard InChI is InChI=1S/C25H30ClNO6/c1-5-10-32-11-12-33-25(30)20-15(3)27-18-13-14(2)19(24(29)31-4)23(28)22(18)21(20)16-6-8-17(26)9-7-16/h6-9,14,19,21,27H,5,10-13H2,1-4H3/t14-,19+,21-/m1/s1. The first-order valence-corrected chi connectivity index (χ1v) is 11.5. The maximum absolute atomic E-state index is 13.6. The molecule has 1 aromatic carbocycles. The van der Waals surface area contributed by atoms with E-state index >= 15 is 0 Å². The number of methoxy groups -OCH3 is 1. The molecule has 178 valence electrons. The zero-order valence-electron chi connectivity index (χ0n) is 19.4. The Bertz CT molecular complexity index is 981. The van der Waals surface area contributed by atoms with Crippen molar-refractivity contribution in [2.45, 2.75) is 39.5 Å². The molecule has 8 heteroatoms. The van der Waals surface area contributed by atoms with Gasteiger partial charge in [0.05, 0.1) is 19.3 Å². The molecule has 0 aromatic heterocycles. The van der Waals surface area contributed by atoms with Crippen LogP contribution in [-0.4, -0.2) is 44.7 Å². The molecule has 1 aliphatic carbocycles. The van der Waals surface area contributed by atoms with Crippen LogP contribution in [0.4, 0.5) is 0 Å². The molecule has 1 aliphatic heterocycles. The smallest absolute Gasteiger partial charge is 0.336 e. The predicted octanol–water partition coefficient (Wildman–Crippen LogP) is 3.92. The lowest BCUT2D eigenvalue weighted by Gasteiger charge is -2.38. The van der Waals surface area contributed by atoms with E-state index in [-0.39, 0.29) is 18.3 Å². The average Bonchev–Trinajstić information content (AvgIpc) is 2.78. The summed E-state index contributed by atoms with van der Waals surface area (Å²) < 4.78 is 15.8. The normalized spacial score (nSPS) is 22.6. The van der Waals surface area contributed by atoms with Crippen LogP contribution in [-0.2, 0) is 28.6 Å². The van der Waals surface area contributed by atoms with Crippen molar-refractivity contribution in [1.82, 2.24) is 5.32 Å². The summed E-state index contributed by atoms with van der Waals surface area (Å²) in [5.41, 5.74) is 2.77. The Labute approximate surface area is 199 Å². The lowest BCUT2D eigenvalue weighted by atomic mass is 9.69. The lowest BCUT2D eigenvalue weighted by molar-refractivity contribution is -0.151. The molecular formula is C25H30ClNO6. The van der Waals surface area contributed by atoms with Gasteiger partial charge in [0.1, 0.15) is 12.5 Å². The number of dihydropyridines is 1. The third kappa shape index (κ3) is 5.31. The predicted molar refractivity (Wildman–Crippen MR) is 123 cm³/mol. The Hall–Kier alpha value is -2.64. The van der Waals surface area contributed by atoms with Crippen LogP contribution in [0, 0.1) is 11.8 Å². The van der Waals surface area contributed by atoms with Crippen molar-refractivity contribution in [2.75, 3.05) is 26.9 Å². The molecule has 7 nitrogen and oxygen atoms in total. The highest BCUT2D eigenvalue weighted by Gasteiger charge is 2.47. The maximum atomic E-state index is 13.6. The quantitative estimate of drug-likeness (QED) is 0.346. The second-order valence-electron chi connectivity index (χ2n) is 8.34. The first-order chi connectivity index (χ1) is 15.8. The number of benzene rings is 1. The zero-order chi connectivity index (χ0) is 24.1. The van der Waals surface area contributed by atoms with Crippen LogP contribution in [0.3, 0.4) is 0 Å². The Morgan fingerprint density at radius 2 is 1.85 bits per heavy atom. The summed E-state index contributed by atoms with van der Waals surface area (Å²) in [5, 5.41) is 3.78. The van der Waals surface area contributed by atoms with Gasteiger partial charge in [-0.05, 0) is 43.4 Å². The monoisotopic (exact) mass is 475 g/mol. The maximum Gasteiger partial charge on any atom is 0.336 e. The third-order valence-corrected chi connectivity index (χ3v) is 6.23. The van der Waals surface area contributed by atoms with Gasteiger partial charge in [-0.25, -0.2) is 4.79 Å². The Kier molecular flexibility index (Phi) is 8.32. The van der Waals surface area contributed by atoms with Crippen molar-refractivity contribution in [1.29, 1.82) is 0 Å². The van der Waals surface area contributed by atoms with E-state index in [0.29, 0.717) is 52.8 Å². The van der Waals surface area contributed by atoms with Crippen molar-refractivity contribution in [2.24, 2.45) is 11.8 Å². The van der Waals surface area contributed by atoms with E-state index < -0.39 is 23.8 Å². The van der Waals surface area contributed by atoms with Gasteiger partial charge in [0.25, 0.3) is 0 Å². The number of halogens is 1. The summed E-state index contributed by atoms with van der Waals surface area (Å²) in [4.78, 5) is 39.2. The van der Waals surface area contributed by atoms with Gasteiger partial charge < -0.3 is 19.5 Å². The molecule has 33 heavy (non-hydrogen) atoms. The molecule has 0 spiro atoms. The first kappa shape index (κ1) is 25.0. The Morgan fingerprint density at radius 1 is 1.15 bits per heavy atom. The largest absolute Gasteiger partial charge is 0.468 e. The molecule has 0 radical (unpaired) electrons. The molecule has 0 fully saturated rings. The fourth-order valence-corrected chi connectivity index (χ4v) is 4.58. The second kappa shape index (κ2) is 11.0. The summed E-state index contributed by atoms with van der Waals surface area (Å²) in [7, 11) is 1.27. The van der Waals surface area contributed by atoms with Crippen molar-refractivity contribution in [3.63, 3.8) is 0 Å². The summed E-state index contributed by atoms with van der Waals surface area (Å²) >= 11 is 6.09. The van der Waals surface area contributed by atoms with Crippen molar-refractivity contribution < 1.29 is 28.6 Å². The molecule has 0 bridgehead atoms. The lowest BCUT2D eigenvalue weighted by Crippen LogP contribution is -2.43. The summed E-state index contributed by atoms with van der Waals surface area (Å²) in [6.45, 7) is 6.62. The fourth-order valence-electron chi connectivity index (χ4n) is 4.46. The minimum atomic E-state index is -0.927. The number of carbonyl (C=O) groups excluding carboxylic acids is 3. The van der Waals surface area contributed by atoms with Gasteiger partial charge in [-0.3, -0.25) is 9.59 Å². The van der Waals surface area contributed by atoms with E-state index in [0.717, 1.165) is 6.42 Å². The molecule has 0 unspecified atom stereocenters. The number of carbonyl (C=O) groups is 3. The van der Waals surface area contributed by atoms with Crippen LogP contribution in [0.2, 0.25) is 5.02 Å². The molecule has 0 amide bonds. The number of ketones is 1. The Morgan fingerprint density at radius 3 is 2.48 bits per heavy atom. The molecule has 3 rings (SSSR count). The van der Waals surface area contributed by atoms with Gasteiger partial charge in [0, 0.05) is 34.5 Å². The van der Waals surface area contributed by atoms with E-state index in [1.165, 1.54) is 7.11 Å². The van der Waals surface area contributed by atoms with E-state index in [2.05, 4.69) is 5.32 Å². The molecular weight excluding hydrogens is 446 g/mol. The van der Waals surface area contributed by atoms with Gasteiger partial charge in [-0.2, -0.15) is 0 Å². The van der Waals surface area contributed by atoms with Crippen molar-refractivity contribution in [3.05, 3.63) is 57.4 Å². The number of allylic oxidation sites excluding steroid dienone is 3. The van der Waals surface area contributed by atoms with Gasteiger partial charge in [-0.1, -0.05) is 37.6 Å². The molecule has 1 N–H and O–H groups in total. The summed E-state index contributed by atoms with van der Waals surface area (Å²) in [5.74, 6) is -3.30. The zero-order valence-corrected chi connectivity index (χ0v) is 20.2. The van der Waals surface area contributed by atoms with Crippen LogP contribution in [0.15, 0.2) is 46.8 Å². The molecule has 0 saturated carbocycles. The van der Waals surface area contributed by atoms with Gasteiger partial charge in [-0.15, -0.1) is 0 Å². The van der Waals surface area contributed by atoms with Crippen LogP contribution < -0.4 is 5.32 Å². The van der Waals surface area contributed by atoms with E-state index in [9.17, 15) is 14.4 Å². The number of rotatable bonds is 8. The van der Waals surface area contributed by atoms with Gasteiger partial charge >= 0.3 is 11.9 Å². The molecule has 2 aliphatic rings. The Balaban J connectivity index is 2.01. The molecule has 3 atom stereocenters. The highest BCUT2D eigenvalue weighted by atomic mass is 35.5. The average molecular weight is 476 g/mol. The number of esters is 2. The highest BCUT2D eigenvalue weighted by Crippen LogP contribution is 2.45. The minimum absolute atomic E-state index is 0.102. The van der Waals surface area contributed by atoms with Crippen LogP contribution in [0.5, 0.6) is 0 Å². The number of ether oxygens (including phenoxy) is 3. The van der Waals surface area contributed by atoms with E-state index in [1.807, 2.05) is 13.8 Å². The van der Waals surface area contributed by atoms with Gasteiger partial charge in [0.2, 0.25) is 0 Å². The SMILES string of the molecule is CCCOCCOC(=O)C1=C(C)NC2=C(C(=O)[C@@H](C(=O)OC)[C@H](C)C2)[C@@H]1c1ccc(Cl)cc1. The number of hydrogen-bond acceptors (Lipinski definition) is 7. The topological polar surface area (TPSA) is 90.9 Å². The van der Waals surface area contributed by atoms with E-state index in [1.54, 1.807) is 31.2 Å². The molecule has 1 aromatic rings. The van der Waals surface area contributed by atoms with Crippen LogP contribution in [0.25, 0.3) is 0 Å². The van der Waals surface area contributed by atoms with Crippen molar-refractivity contribution >= 4 is 29.3 Å². The van der Waals surface area contributed by atoms with Crippen LogP contribution in [0.1, 0.15) is 45.1 Å². The molecule has 0 saturated heterocycles. The number of Topliss-reactive ketones (excluding diaryl/α,β-unsaturated/α-hetero) is 1. The molecule has 1 heterocycles. The summed E-state index contributed by atoms with van der Waals surface area (Å²) in [6, 6.07) is 6.99. The first-order valence-electron chi connectivity index (χ1n) is 11.1. The van der Waals surface area contributed by atoms with Crippen molar-refractivity contribution in [3.8, 4) is 0 Å². The van der Waals surface area contributed by atoms with Gasteiger partial charge in [0.15, 0.2) is 5.78 Å². The fraction of sp³-hybridized carbons (Fsp3) is 0.480. The summed E-state index contributed by atoms with van der Waals surface area (Å²) in [6.07, 6.45) is 1.36. The van der Waals surface area contributed by atoms with Crippen LogP contribution >= 0.6 is 11.6 Å². The third-order valence-electron chi connectivity index (χ3n) is 5.98. The second-order valence-corrected chi connectivity index (χ2v) is 8.77. The highest BCUT2D eigenvalue weighted by molar-refractivity contribution is 6.30. The minimum Gasteiger partial charge on any atom is -0.468 e. The number of hydrogen-bond donors (Lipinski definition) is 1.